The molecule has 0 bridgehead atoms. The van der Waals surface area contributed by atoms with E-state index in [1.54, 1.807) is 21.7 Å². The van der Waals surface area contributed by atoms with Crippen LogP contribution in [0.5, 0.6) is 0 Å². The summed E-state index contributed by atoms with van der Waals surface area (Å²) < 4.78 is 3.31. The molecule has 0 spiro atoms. The first kappa shape index (κ1) is 29.4. The van der Waals surface area contributed by atoms with Crippen molar-refractivity contribution in [1.29, 1.82) is 0 Å². The van der Waals surface area contributed by atoms with Gasteiger partial charge in [0.25, 0.3) is 0 Å². The molecule has 0 saturated carbocycles. The third-order valence-electron chi connectivity index (χ3n) is 3.41. The molecule has 0 rings (SSSR count). The summed E-state index contributed by atoms with van der Waals surface area (Å²) in [7, 11) is 0. The van der Waals surface area contributed by atoms with Crippen molar-refractivity contribution in [2.24, 2.45) is 0 Å². The molecule has 0 radical (unpaired) electrons. The SMILES string of the molecule is CCCCCCC[CH2][Sn+2][CH2]CCCCCCC.[O-2].[O-2].[Ti+4]. The van der Waals surface area contributed by atoms with Gasteiger partial charge in [-0.25, -0.2) is 0 Å². The van der Waals surface area contributed by atoms with Gasteiger partial charge in [-0.1, -0.05) is 0 Å². The average molecular weight is 425 g/mol. The van der Waals surface area contributed by atoms with Crippen LogP contribution >= 0.6 is 0 Å². The van der Waals surface area contributed by atoms with Crippen molar-refractivity contribution >= 4 is 21.1 Å². The fourth-order valence-corrected chi connectivity index (χ4v) is 5.75. The average Bonchev–Trinajstić information content (AvgIpc) is 2.35. The van der Waals surface area contributed by atoms with Gasteiger partial charge in [0.05, 0.1) is 0 Å². The first-order valence-corrected chi connectivity index (χ1v) is 12.2. The zero-order valence-electron chi connectivity index (χ0n) is 13.7. The molecular weight excluding hydrogens is 391 g/mol. The van der Waals surface area contributed by atoms with E-state index in [1.807, 2.05) is 0 Å². The van der Waals surface area contributed by atoms with E-state index in [1.165, 1.54) is 64.2 Å². The first-order valence-electron chi connectivity index (χ1n) is 8.12. The van der Waals surface area contributed by atoms with Gasteiger partial charge >= 0.3 is 143 Å². The molecule has 0 aromatic heterocycles. The van der Waals surface area contributed by atoms with Crippen LogP contribution in [0.1, 0.15) is 90.9 Å². The predicted octanol–water partition coefficient (Wildman–Crippen LogP) is 6.01. The number of unbranched alkanes of at least 4 members (excludes halogenated alkanes) is 10. The van der Waals surface area contributed by atoms with E-state index in [4.69, 9.17) is 0 Å². The summed E-state index contributed by atoms with van der Waals surface area (Å²) in [6.07, 6.45) is 17.8. The van der Waals surface area contributed by atoms with Crippen molar-refractivity contribution < 1.29 is 32.7 Å². The monoisotopic (exact) mass is 426 g/mol. The normalized spacial score (nSPS) is 8.90. The minimum atomic E-state index is 0. The molecular formula is C16H34O2SnTi+2. The minimum absolute atomic E-state index is 0. The van der Waals surface area contributed by atoms with Gasteiger partial charge in [0, 0.05) is 0 Å². The zero-order chi connectivity index (χ0) is 12.6. The Hall–Kier alpha value is 1.43. The fraction of sp³-hybridized carbons (Fsp3) is 1.00. The Labute approximate surface area is 153 Å². The molecule has 0 heterocycles. The third kappa shape index (κ3) is 27.7. The summed E-state index contributed by atoms with van der Waals surface area (Å²) in [5, 5.41) is 0. The summed E-state index contributed by atoms with van der Waals surface area (Å²) in [5.41, 5.74) is 0. The second-order valence-electron chi connectivity index (χ2n) is 5.29. The van der Waals surface area contributed by atoms with Crippen LogP contribution in [-0.2, 0) is 32.7 Å². The van der Waals surface area contributed by atoms with Crippen LogP contribution in [0.2, 0.25) is 8.87 Å². The summed E-state index contributed by atoms with van der Waals surface area (Å²) in [6, 6.07) is 0. The standard InChI is InChI=1S/2C8H17.2O.Sn.Ti/c2*1-3-5-7-8-6-4-2;;;;/h2*1,3-8H2,2H3;;;;/q;;2*-2;+2;+4. The molecule has 0 aromatic carbocycles. The molecule has 2 nitrogen and oxygen atoms in total. The van der Waals surface area contributed by atoms with Gasteiger partial charge in [-0.2, -0.15) is 0 Å². The first-order chi connectivity index (χ1) is 8.41. The van der Waals surface area contributed by atoms with Crippen molar-refractivity contribution in [3.8, 4) is 0 Å². The van der Waals surface area contributed by atoms with E-state index < -0.39 is 0 Å². The van der Waals surface area contributed by atoms with E-state index in [0.29, 0.717) is 0 Å². The number of hydrogen-bond acceptors (Lipinski definition) is 0. The Morgan fingerprint density at radius 1 is 0.500 bits per heavy atom. The van der Waals surface area contributed by atoms with Crippen molar-refractivity contribution in [3.05, 3.63) is 0 Å². The second-order valence-corrected chi connectivity index (χ2v) is 9.57. The molecule has 0 aliphatic rings. The third-order valence-corrected chi connectivity index (χ3v) is 7.45. The predicted molar refractivity (Wildman–Crippen MR) is 83.5 cm³/mol. The topological polar surface area (TPSA) is 57.0 Å². The molecule has 0 amide bonds. The fourth-order valence-electron chi connectivity index (χ4n) is 2.19. The van der Waals surface area contributed by atoms with Crippen LogP contribution in [0.4, 0.5) is 0 Å². The Morgan fingerprint density at radius 2 is 0.800 bits per heavy atom. The molecule has 0 atom stereocenters. The summed E-state index contributed by atoms with van der Waals surface area (Å²) in [6.45, 7) is 4.60. The molecule has 0 unspecified atom stereocenters. The quantitative estimate of drug-likeness (QED) is 0.242. The van der Waals surface area contributed by atoms with Gasteiger partial charge in [-0.3, -0.25) is 0 Å². The molecule has 0 aromatic rings. The van der Waals surface area contributed by atoms with Crippen molar-refractivity contribution in [1.82, 2.24) is 0 Å². The Balaban J connectivity index is -0.000000427. The molecule has 0 aliphatic heterocycles. The number of rotatable bonds is 14. The molecule has 20 heavy (non-hydrogen) atoms. The van der Waals surface area contributed by atoms with Crippen LogP contribution in [0.3, 0.4) is 0 Å². The van der Waals surface area contributed by atoms with Crippen molar-refractivity contribution in [2.45, 2.75) is 99.8 Å². The van der Waals surface area contributed by atoms with Gasteiger partial charge in [0.15, 0.2) is 0 Å². The van der Waals surface area contributed by atoms with E-state index in [2.05, 4.69) is 13.8 Å². The Bertz CT molecular complexity index is 124. The molecule has 0 saturated heterocycles. The minimum Gasteiger partial charge on any atom is -2.00 e. The summed E-state index contributed by atoms with van der Waals surface area (Å²) in [5.74, 6) is 0. The molecule has 0 N–H and O–H groups in total. The Morgan fingerprint density at radius 3 is 1.15 bits per heavy atom. The maximum absolute atomic E-state index is 2.30. The molecule has 4 heteroatoms. The maximum atomic E-state index is 2.30. The van der Waals surface area contributed by atoms with Crippen LogP contribution in [0.25, 0.3) is 0 Å². The smallest absolute Gasteiger partial charge is 2.00 e. The second kappa shape index (κ2) is 28.6. The van der Waals surface area contributed by atoms with Gasteiger partial charge < -0.3 is 11.0 Å². The van der Waals surface area contributed by atoms with Gasteiger partial charge in [-0.15, -0.1) is 0 Å². The summed E-state index contributed by atoms with van der Waals surface area (Å²) >= 11 is 0.0736. The van der Waals surface area contributed by atoms with Crippen LogP contribution in [0.15, 0.2) is 0 Å². The van der Waals surface area contributed by atoms with E-state index in [-0.39, 0.29) is 53.8 Å². The van der Waals surface area contributed by atoms with E-state index >= 15 is 0 Å². The van der Waals surface area contributed by atoms with Crippen molar-refractivity contribution in [2.75, 3.05) is 0 Å². The molecule has 0 fully saturated rings. The maximum Gasteiger partial charge on any atom is 4.00 e. The summed E-state index contributed by atoms with van der Waals surface area (Å²) in [4.78, 5) is 0. The van der Waals surface area contributed by atoms with Crippen LogP contribution in [-0.4, -0.2) is 21.1 Å². The van der Waals surface area contributed by atoms with Gasteiger partial charge in [0.1, 0.15) is 0 Å². The number of hydrogen-bond donors (Lipinski definition) is 0. The largest absolute Gasteiger partial charge is 4.00 e. The Kier molecular flexibility index (Phi) is 42.1. The molecule has 0 aliphatic carbocycles. The van der Waals surface area contributed by atoms with Crippen LogP contribution in [0, 0.1) is 0 Å². The molecule has 116 valence electrons. The van der Waals surface area contributed by atoms with Gasteiger partial charge in [0.2, 0.25) is 0 Å². The van der Waals surface area contributed by atoms with E-state index in [9.17, 15) is 0 Å². The van der Waals surface area contributed by atoms with Crippen LogP contribution < -0.4 is 0 Å². The van der Waals surface area contributed by atoms with Gasteiger partial charge in [-0.05, 0) is 0 Å². The van der Waals surface area contributed by atoms with Crippen molar-refractivity contribution in [3.63, 3.8) is 0 Å². The van der Waals surface area contributed by atoms with E-state index in [0.717, 1.165) is 0 Å². The zero-order valence-corrected chi connectivity index (χ0v) is 18.1.